The number of ketones is 1. The van der Waals surface area contributed by atoms with Crippen LogP contribution in [0, 0.1) is 11.3 Å². The van der Waals surface area contributed by atoms with Crippen molar-refractivity contribution in [3.63, 3.8) is 0 Å². The van der Waals surface area contributed by atoms with E-state index in [-0.39, 0.29) is 11.9 Å². The van der Waals surface area contributed by atoms with Gasteiger partial charge in [0.15, 0.2) is 5.78 Å². The van der Waals surface area contributed by atoms with Crippen LogP contribution in [-0.2, 0) is 0 Å². The average molecular weight is 349 g/mol. The number of rotatable bonds is 9. The molecule has 134 valence electrons. The van der Waals surface area contributed by atoms with Gasteiger partial charge >= 0.3 is 0 Å². The van der Waals surface area contributed by atoms with Crippen molar-refractivity contribution in [2.24, 2.45) is 0 Å². The average Bonchev–Trinajstić information content (AvgIpc) is 2.64. The first kappa shape index (κ1) is 19.3. The van der Waals surface area contributed by atoms with Crippen molar-refractivity contribution < 1.29 is 14.3 Å². The van der Waals surface area contributed by atoms with Gasteiger partial charge in [-0.1, -0.05) is 18.2 Å². The summed E-state index contributed by atoms with van der Waals surface area (Å²) in [6, 6.07) is 16.7. The first-order valence-corrected chi connectivity index (χ1v) is 8.67. The van der Waals surface area contributed by atoms with Crippen molar-refractivity contribution in [1.82, 2.24) is 0 Å². The monoisotopic (exact) mass is 349 g/mol. The molecule has 0 unspecified atom stereocenters. The van der Waals surface area contributed by atoms with Gasteiger partial charge in [-0.25, -0.2) is 0 Å². The van der Waals surface area contributed by atoms with E-state index in [2.05, 4.69) is 6.07 Å². The Morgan fingerprint density at radius 2 is 1.92 bits per heavy atom. The third-order valence-electron chi connectivity index (χ3n) is 3.50. The lowest BCUT2D eigenvalue weighted by Crippen LogP contribution is -2.05. The van der Waals surface area contributed by atoms with Crippen LogP contribution < -0.4 is 9.47 Å². The van der Waals surface area contributed by atoms with E-state index >= 15 is 0 Å². The quantitative estimate of drug-likeness (QED) is 0.361. The van der Waals surface area contributed by atoms with Gasteiger partial charge in [0.2, 0.25) is 0 Å². The molecule has 0 N–H and O–H groups in total. The minimum Gasteiger partial charge on any atom is -0.494 e. The molecule has 0 aliphatic heterocycles. The van der Waals surface area contributed by atoms with Gasteiger partial charge in [-0.15, -0.1) is 0 Å². The number of nitrogens with zero attached hydrogens (tertiary/aromatic N) is 1. The van der Waals surface area contributed by atoms with Crippen molar-refractivity contribution in [3.05, 3.63) is 65.7 Å². The van der Waals surface area contributed by atoms with Crippen molar-refractivity contribution in [3.8, 4) is 17.6 Å². The molecule has 26 heavy (non-hydrogen) atoms. The van der Waals surface area contributed by atoms with Crippen LogP contribution in [0.25, 0.3) is 6.08 Å². The SMILES string of the molecule is CC(C)Oc1ccc(C(=O)/C=C/c2cccc(OCCCC#N)c2)cc1. The Morgan fingerprint density at radius 1 is 1.15 bits per heavy atom. The summed E-state index contributed by atoms with van der Waals surface area (Å²) in [5, 5.41) is 8.52. The second kappa shape index (κ2) is 10.0. The topological polar surface area (TPSA) is 59.3 Å². The standard InChI is InChI=1S/C22H23NO3/c1-17(2)26-20-11-9-19(10-12-20)22(24)13-8-18-6-5-7-21(16-18)25-15-4-3-14-23/h5-13,16-17H,3-4,15H2,1-2H3/b13-8+. The second-order valence-corrected chi connectivity index (χ2v) is 6.07. The van der Waals surface area contributed by atoms with Crippen LogP contribution in [0.15, 0.2) is 54.6 Å². The summed E-state index contributed by atoms with van der Waals surface area (Å²) in [5.74, 6) is 1.41. The molecule has 0 bridgehead atoms. The van der Waals surface area contributed by atoms with Crippen LogP contribution in [0.3, 0.4) is 0 Å². The first-order chi connectivity index (χ1) is 12.6. The summed E-state index contributed by atoms with van der Waals surface area (Å²) in [7, 11) is 0. The molecule has 4 heteroatoms. The number of hydrogen-bond donors (Lipinski definition) is 0. The zero-order valence-corrected chi connectivity index (χ0v) is 15.1. The van der Waals surface area contributed by atoms with Crippen LogP contribution in [0.4, 0.5) is 0 Å². The van der Waals surface area contributed by atoms with Gasteiger partial charge in [0.05, 0.1) is 18.8 Å². The molecule has 0 heterocycles. The van der Waals surface area contributed by atoms with Gasteiger partial charge in [-0.05, 0) is 68.3 Å². The number of ether oxygens (including phenoxy) is 2. The molecular formula is C22H23NO3. The number of carbonyl (C=O) groups is 1. The van der Waals surface area contributed by atoms with Crippen LogP contribution in [0.1, 0.15) is 42.6 Å². The van der Waals surface area contributed by atoms with Gasteiger partial charge in [-0.2, -0.15) is 5.26 Å². The Balaban J connectivity index is 1.96. The molecule has 0 saturated heterocycles. The van der Waals surface area contributed by atoms with Crippen molar-refractivity contribution >= 4 is 11.9 Å². The Labute approximate surface area is 154 Å². The summed E-state index contributed by atoms with van der Waals surface area (Å²) in [6.45, 7) is 4.43. The van der Waals surface area contributed by atoms with Gasteiger partial charge in [0.25, 0.3) is 0 Å². The number of hydrogen-bond acceptors (Lipinski definition) is 4. The number of benzene rings is 2. The lowest BCUT2D eigenvalue weighted by Gasteiger charge is -2.09. The minimum atomic E-state index is -0.0681. The Hall–Kier alpha value is -3.06. The lowest BCUT2D eigenvalue weighted by molar-refractivity contribution is 0.104. The van der Waals surface area contributed by atoms with E-state index in [1.807, 2.05) is 38.1 Å². The van der Waals surface area contributed by atoms with E-state index in [1.165, 1.54) is 0 Å². The number of carbonyl (C=O) groups excluding carboxylic acids is 1. The van der Waals surface area contributed by atoms with Gasteiger partial charge in [-0.3, -0.25) is 4.79 Å². The maximum Gasteiger partial charge on any atom is 0.185 e. The maximum atomic E-state index is 12.3. The Kier molecular flexibility index (Phi) is 7.45. The van der Waals surface area contributed by atoms with Crippen LogP contribution in [0.5, 0.6) is 11.5 Å². The zero-order valence-electron chi connectivity index (χ0n) is 15.1. The summed E-state index contributed by atoms with van der Waals surface area (Å²) in [4.78, 5) is 12.3. The second-order valence-electron chi connectivity index (χ2n) is 6.07. The zero-order chi connectivity index (χ0) is 18.8. The molecule has 0 aliphatic rings. The molecule has 2 aromatic carbocycles. The normalized spacial score (nSPS) is 10.7. The maximum absolute atomic E-state index is 12.3. The largest absolute Gasteiger partial charge is 0.494 e. The van der Waals surface area contributed by atoms with E-state index in [0.717, 1.165) is 17.1 Å². The third kappa shape index (κ3) is 6.45. The molecular weight excluding hydrogens is 326 g/mol. The molecule has 0 spiro atoms. The Bertz CT molecular complexity index is 786. The molecule has 0 fully saturated rings. The predicted molar refractivity (Wildman–Crippen MR) is 102 cm³/mol. The van der Waals surface area contributed by atoms with E-state index in [9.17, 15) is 4.79 Å². The molecule has 2 aromatic rings. The van der Waals surface area contributed by atoms with E-state index in [1.54, 1.807) is 36.4 Å². The van der Waals surface area contributed by atoms with Crippen molar-refractivity contribution in [2.75, 3.05) is 6.61 Å². The van der Waals surface area contributed by atoms with Crippen molar-refractivity contribution in [1.29, 1.82) is 5.26 Å². The Morgan fingerprint density at radius 3 is 2.62 bits per heavy atom. The smallest absolute Gasteiger partial charge is 0.185 e. The number of nitriles is 1. The van der Waals surface area contributed by atoms with Crippen LogP contribution >= 0.6 is 0 Å². The first-order valence-electron chi connectivity index (χ1n) is 8.67. The summed E-state index contributed by atoms with van der Waals surface area (Å²) in [5.41, 5.74) is 1.50. The van der Waals surface area contributed by atoms with E-state index in [4.69, 9.17) is 14.7 Å². The van der Waals surface area contributed by atoms with Crippen LogP contribution in [-0.4, -0.2) is 18.5 Å². The fourth-order valence-electron chi connectivity index (χ4n) is 2.29. The van der Waals surface area contributed by atoms with E-state index < -0.39 is 0 Å². The molecule has 0 saturated carbocycles. The van der Waals surface area contributed by atoms with Crippen molar-refractivity contribution in [2.45, 2.75) is 32.8 Å². The van der Waals surface area contributed by atoms with Gasteiger partial charge in [0, 0.05) is 12.0 Å². The summed E-state index contributed by atoms with van der Waals surface area (Å²) in [6.07, 6.45) is 4.60. The highest BCUT2D eigenvalue weighted by Crippen LogP contribution is 2.17. The van der Waals surface area contributed by atoms with E-state index in [0.29, 0.717) is 25.0 Å². The molecule has 0 aromatic heterocycles. The predicted octanol–water partition coefficient (Wildman–Crippen LogP) is 5.05. The highest BCUT2D eigenvalue weighted by Gasteiger charge is 2.03. The van der Waals surface area contributed by atoms with Gasteiger partial charge in [0.1, 0.15) is 11.5 Å². The number of allylic oxidation sites excluding steroid dienone is 1. The lowest BCUT2D eigenvalue weighted by atomic mass is 10.1. The van der Waals surface area contributed by atoms with Gasteiger partial charge < -0.3 is 9.47 Å². The van der Waals surface area contributed by atoms with Crippen LogP contribution in [0.2, 0.25) is 0 Å². The number of unbranched alkanes of at least 4 members (excludes halogenated alkanes) is 1. The summed E-state index contributed by atoms with van der Waals surface area (Å²) < 4.78 is 11.2. The fraction of sp³-hybridized carbons (Fsp3) is 0.273. The summed E-state index contributed by atoms with van der Waals surface area (Å²) >= 11 is 0. The molecule has 4 nitrogen and oxygen atoms in total. The molecule has 0 atom stereocenters. The minimum absolute atomic E-state index is 0.0681. The fourth-order valence-corrected chi connectivity index (χ4v) is 2.29. The highest BCUT2D eigenvalue weighted by molar-refractivity contribution is 6.06. The molecule has 0 radical (unpaired) electrons. The molecule has 0 aliphatic carbocycles. The third-order valence-corrected chi connectivity index (χ3v) is 3.50. The molecule has 2 rings (SSSR count). The molecule has 0 amide bonds. The highest BCUT2D eigenvalue weighted by atomic mass is 16.5.